The van der Waals surface area contributed by atoms with E-state index in [9.17, 15) is 14.7 Å². The average molecular weight is 597 g/mol. The molecule has 40 heavy (non-hydrogen) atoms. The summed E-state index contributed by atoms with van der Waals surface area (Å²) in [6.07, 6.45) is -0.138. The molecule has 0 saturated carbocycles. The lowest BCUT2D eigenvalue weighted by Crippen LogP contribution is -2.55. The Bertz CT molecular complexity index is 1470. The van der Waals surface area contributed by atoms with Gasteiger partial charge in [-0.1, -0.05) is 22.9 Å². The van der Waals surface area contributed by atoms with Gasteiger partial charge in [0.15, 0.2) is 10.8 Å². The standard InChI is InChI=1S/C25H24ClF3N6O4S/c1-12-3-4-15(20(30-12)18-17(39-2)6-5-16(26)19(18)27)21(37)31-24-33-32-22(40-24)25(28,29)23(38)35-8-7-34-11-14(36)9-13(34)10-35/h3-6,13-14,36H,7-11H2,1-2H3,(H,31,33,37)/t13-,14-/m0/s1. The summed E-state index contributed by atoms with van der Waals surface area (Å²) in [5.74, 6) is -6.99. The average Bonchev–Trinajstić information content (AvgIpc) is 3.55. The number of carbonyl (C=O) groups is 2. The second-order valence-electron chi connectivity index (χ2n) is 9.52. The summed E-state index contributed by atoms with van der Waals surface area (Å²) in [5, 5.41) is 17.9. The second kappa shape index (κ2) is 10.9. The highest BCUT2D eigenvalue weighted by atomic mass is 35.5. The van der Waals surface area contributed by atoms with Crippen LogP contribution in [0.2, 0.25) is 5.02 Å². The maximum atomic E-state index is 15.2. The first-order valence-electron chi connectivity index (χ1n) is 12.2. The van der Waals surface area contributed by atoms with Gasteiger partial charge in [0.25, 0.3) is 5.91 Å². The van der Waals surface area contributed by atoms with Crippen molar-refractivity contribution in [1.82, 2.24) is 25.0 Å². The fourth-order valence-corrected chi connectivity index (χ4v) is 5.77. The second-order valence-corrected chi connectivity index (χ2v) is 10.9. The van der Waals surface area contributed by atoms with Gasteiger partial charge in [0.1, 0.15) is 5.75 Å². The van der Waals surface area contributed by atoms with Crippen molar-refractivity contribution in [1.29, 1.82) is 0 Å². The molecule has 2 fully saturated rings. The number of aromatic nitrogens is 3. The normalized spacial score (nSPS) is 19.4. The molecule has 2 aliphatic heterocycles. The summed E-state index contributed by atoms with van der Waals surface area (Å²) in [4.78, 5) is 33.3. The van der Waals surface area contributed by atoms with Gasteiger partial charge >= 0.3 is 11.8 Å². The molecule has 0 spiro atoms. The summed E-state index contributed by atoms with van der Waals surface area (Å²) >= 11 is 6.31. The van der Waals surface area contributed by atoms with E-state index >= 15 is 13.2 Å². The van der Waals surface area contributed by atoms with Crippen molar-refractivity contribution in [3.8, 4) is 17.0 Å². The number of benzene rings is 1. The number of piperazine rings is 1. The van der Waals surface area contributed by atoms with Gasteiger partial charge in [-0.25, -0.2) is 4.39 Å². The van der Waals surface area contributed by atoms with Gasteiger partial charge in [0.2, 0.25) is 5.13 Å². The molecule has 1 aromatic carbocycles. The summed E-state index contributed by atoms with van der Waals surface area (Å²) in [6, 6.07) is 5.46. The topological polar surface area (TPSA) is 121 Å². The van der Waals surface area contributed by atoms with Crippen LogP contribution in [-0.2, 0) is 10.7 Å². The fourth-order valence-electron chi connectivity index (χ4n) is 4.91. The number of fused-ring (bicyclic) bond motifs is 1. The Balaban J connectivity index is 1.36. The number of carbonyl (C=O) groups excluding carboxylic acids is 2. The zero-order chi connectivity index (χ0) is 28.8. The summed E-state index contributed by atoms with van der Waals surface area (Å²) in [6.45, 7) is 2.64. The van der Waals surface area contributed by atoms with Crippen LogP contribution in [-0.4, -0.2) is 87.3 Å². The molecule has 2 amide bonds. The zero-order valence-electron chi connectivity index (χ0n) is 21.3. The molecule has 2 saturated heterocycles. The molecule has 2 N–H and O–H groups in total. The van der Waals surface area contributed by atoms with Crippen LogP contribution in [0.1, 0.15) is 27.5 Å². The van der Waals surface area contributed by atoms with Crippen LogP contribution in [0.15, 0.2) is 24.3 Å². The number of amides is 2. The number of pyridine rings is 1. The van der Waals surface area contributed by atoms with Crippen molar-refractivity contribution in [2.45, 2.75) is 31.4 Å². The van der Waals surface area contributed by atoms with E-state index in [1.54, 1.807) is 6.92 Å². The number of halogens is 4. The van der Waals surface area contributed by atoms with Crippen molar-refractivity contribution < 1.29 is 32.6 Å². The van der Waals surface area contributed by atoms with E-state index in [0.29, 0.717) is 36.5 Å². The van der Waals surface area contributed by atoms with Gasteiger partial charge in [0.05, 0.1) is 35.1 Å². The molecule has 2 aromatic heterocycles. The third-order valence-corrected chi connectivity index (χ3v) is 8.06. The predicted octanol–water partition coefficient (Wildman–Crippen LogP) is 3.33. The van der Waals surface area contributed by atoms with Crippen LogP contribution in [0.3, 0.4) is 0 Å². The molecule has 10 nitrogen and oxygen atoms in total. The largest absolute Gasteiger partial charge is 0.496 e. The number of aliphatic hydroxyl groups excluding tert-OH is 1. The van der Waals surface area contributed by atoms with Crippen LogP contribution < -0.4 is 10.1 Å². The predicted molar refractivity (Wildman–Crippen MR) is 140 cm³/mol. The highest BCUT2D eigenvalue weighted by molar-refractivity contribution is 7.15. The quantitative estimate of drug-likeness (QED) is 0.445. The van der Waals surface area contributed by atoms with E-state index in [4.69, 9.17) is 16.3 Å². The van der Waals surface area contributed by atoms with E-state index < -0.39 is 34.7 Å². The number of nitrogens with one attached hydrogen (secondary N) is 1. The highest BCUT2D eigenvalue weighted by Gasteiger charge is 2.49. The number of aliphatic hydroxyl groups is 1. The minimum absolute atomic E-state index is 0.0700. The minimum Gasteiger partial charge on any atom is -0.496 e. The number of rotatable bonds is 6. The smallest absolute Gasteiger partial charge is 0.377 e. The molecule has 15 heteroatoms. The summed E-state index contributed by atoms with van der Waals surface area (Å²) in [5.41, 5.74) is 0.156. The molecule has 212 valence electrons. The first-order valence-corrected chi connectivity index (χ1v) is 13.4. The number of ether oxygens (including phenoxy) is 1. The first-order chi connectivity index (χ1) is 19.0. The van der Waals surface area contributed by atoms with Crippen molar-refractivity contribution >= 4 is 39.9 Å². The Labute approximate surface area is 235 Å². The molecule has 5 rings (SSSR count). The number of aryl methyl sites for hydroxylation is 1. The Morgan fingerprint density at radius 3 is 2.73 bits per heavy atom. The minimum atomic E-state index is -3.98. The van der Waals surface area contributed by atoms with Crippen LogP contribution in [0.5, 0.6) is 5.75 Å². The van der Waals surface area contributed by atoms with Gasteiger partial charge in [-0.15, -0.1) is 10.2 Å². The maximum absolute atomic E-state index is 15.2. The zero-order valence-corrected chi connectivity index (χ0v) is 22.9. The van der Waals surface area contributed by atoms with E-state index in [-0.39, 0.29) is 51.9 Å². The fraction of sp³-hybridized carbons (Fsp3) is 0.400. The SMILES string of the molecule is COc1ccc(Cl)c(F)c1-c1nc(C)ccc1C(=O)Nc1nnc(C(F)(F)C(=O)N2CCN3C[C@@H](O)C[C@H]3C2)s1. The molecule has 3 aromatic rings. The number of alkyl halides is 2. The van der Waals surface area contributed by atoms with Crippen molar-refractivity contribution in [3.05, 3.63) is 51.4 Å². The third kappa shape index (κ3) is 5.23. The number of anilines is 1. The third-order valence-electron chi connectivity index (χ3n) is 6.86. The van der Waals surface area contributed by atoms with Gasteiger partial charge in [-0.3, -0.25) is 24.8 Å². The van der Waals surface area contributed by atoms with Gasteiger partial charge in [-0.2, -0.15) is 8.78 Å². The van der Waals surface area contributed by atoms with Crippen LogP contribution >= 0.6 is 22.9 Å². The number of hydrogen-bond acceptors (Lipinski definition) is 9. The van der Waals surface area contributed by atoms with Crippen molar-refractivity contribution in [2.24, 2.45) is 0 Å². The highest BCUT2D eigenvalue weighted by Crippen LogP contribution is 2.38. The number of hydrogen-bond donors (Lipinski definition) is 2. The van der Waals surface area contributed by atoms with Gasteiger partial charge < -0.3 is 14.7 Å². The monoisotopic (exact) mass is 596 g/mol. The Morgan fingerprint density at radius 2 is 1.98 bits per heavy atom. The lowest BCUT2D eigenvalue weighted by Gasteiger charge is -2.38. The van der Waals surface area contributed by atoms with Crippen LogP contribution in [0.4, 0.5) is 18.3 Å². The van der Waals surface area contributed by atoms with Gasteiger partial charge in [0, 0.05) is 37.9 Å². The van der Waals surface area contributed by atoms with Crippen molar-refractivity contribution in [3.63, 3.8) is 0 Å². The Kier molecular flexibility index (Phi) is 7.70. The lowest BCUT2D eigenvalue weighted by atomic mass is 10.0. The molecular formula is C25H24ClF3N6O4S. The molecule has 0 aliphatic carbocycles. The molecule has 2 aliphatic rings. The number of methoxy groups -OCH3 is 1. The van der Waals surface area contributed by atoms with Crippen molar-refractivity contribution in [2.75, 3.05) is 38.6 Å². The maximum Gasteiger partial charge on any atom is 0.377 e. The van der Waals surface area contributed by atoms with Crippen LogP contribution in [0, 0.1) is 12.7 Å². The van der Waals surface area contributed by atoms with Gasteiger partial charge in [-0.05, 0) is 37.6 Å². The van der Waals surface area contributed by atoms with E-state index in [2.05, 4.69) is 20.5 Å². The van der Waals surface area contributed by atoms with E-state index in [1.807, 2.05) is 4.90 Å². The molecule has 4 heterocycles. The Morgan fingerprint density at radius 1 is 1.20 bits per heavy atom. The molecule has 0 radical (unpaired) electrons. The molecule has 0 bridgehead atoms. The summed E-state index contributed by atoms with van der Waals surface area (Å²) < 4.78 is 50.7. The molecule has 2 atom stereocenters. The summed E-state index contributed by atoms with van der Waals surface area (Å²) in [7, 11) is 1.32. The molecule has 0 unspecified atom stereocenters. The van der Waals surface area contributed by atoms with Crippen LogP contribution in [0.25, 0.3) is 11.3 Å². The number of nitrogens with zero attached hydrogens (tertiary/aromatic N) is 5. The Hall–Kier alpha value is -3.33. The lowest BCUT2D eigenvalue weighted by molar-refractivity contribution is -0.161. The van der Waals surface area contributed by atoms with E-state index in [0.717, 1.165) is 4.90 Å². The van der Waals surface area contributed by atoms with E-state index in [1.165, 1.54) is 31.4 Å². The molecular weight excluding hydrogens is 573 g/mol. The first kappa shape index (κ1) is 28.2.